The lowest BCUT2D eigenvalue weighted by molar-refractivity contribution is 0.0946. The molecule has 1 aliphatic heterocycles. The first-order valence-corrected chi connectivity index (χ1v) is 4.32. The minimum Gasteiger partial charge on any atom is -0.352 e. The maximum absolute atomic E-state index is 11.3. The van der Waals surface area contributed by atoms with Gasteiger partial charge in [0.1, 0.15) is 0 Å². The van der Waals surface area contributed by atoms with E-state index >= 15 is 0 Å². The van der Waals surface area contributed by atoms with Crippen molar-refractivity contribution in [1.29, 1.82) is 0 Å². The summed E-state index contributed by atoms with van der Waals surface area (Å²) in [5.74, 6) is 0.0320. The van der Waals surface area contributed by atoms with Gasteiger partial charge >= 0.3 is 0 Å². The number of amides is 1. The van der Waals surface area contributed by atoms with E-state index in [4.69, 9.17) is 0 Å². The molecule has 2 rings (SSSR count). The molecule has 12 heavy (non-hydrogen) atoms. The van der Waals surface area contributed by atoms with E-state index in [0.29, 0.717) is 0 Å². The van der Waals surface area contributed by atoms with Crippen molar-refractivity contribution in [2.24, 2.45) is 0 Å². The van der Waals surface area contributed by atoms with E-state index in [1.807, 2.05) is 18.2 Å². The lowest BCUT2D eigenvalue weighted by atomic mass is 10.0. The van der Waals surface area contributed by atoms with Gasteiger partial charge in [0.25, 0.3) is 5.91 Å². The first-order valence-electron chi connectivity index (χ1n) is 3.87. The molecule has 62 valence electrons. The smallest absolute Gasteiger partial charge is 0.251 e. The molecule has 2 nitrogen and oxygen atoms in total. The average molecular weight is 179 g/mol. The largest absolute Gasteiger partial charge is 0.352 e. The minimum atomic E-state index is 0.0320. The van der Waals surface area contributed by atoms with Crippen LogP contribution in [0.4, 0.5) is 0 Å². The molecule has 1 aromatic rings. The molecule has 1 amide bonds. The molecule has 0 bridgehead atoms. The van der Waals surface area contributed by atoms with Crippen LogP contribution in [0.1, 0.15) is 15.9 Å². The van der Waals surface area contributed by atoms with Gasteiger partial charge in [-0.25, -0.2) is 0 Å². The molecule has 0 saturated carbocycles. The van der Waals surface area contributed by atoms with E-state index in [1.54, 1.807) is 0 Å². The maximum atomic E-state index is 11.3. The number of fused-ring (bicyclic) bond motifs is 1. The third kappa shape index (κ3) is 1.20. The van der Waals surface area contributed by atoms with Crippen LogP contribution in [-0.2, 0) is 6.42 Å². The summed E-state index contributed by atoms with van der Waals surface area (Å²) < 4.78 is 0. The lowest BCUT2D eigenvalue weighted by Crippen LogP contribution is -2.31. The predicted molar refractivity (Wildman–Crippen MR) is 49.7 cm³/mol. The third-order valence-electron chi connectivity index (χ3n) is 2.01. The summed E-state index contributed by atoms with van der Waals surface area (Å²) in [7, 11) is 0. The zero-order chi connectivity index (χ0) is 8.55. The summed E-state index contributed by atoms with van der Waals surface area (Å²) in [5, 5.41) is 2.79. The Morgan fingerprint density at radius 3 is 3.08 bits per heavy atom. The first-order chi connectivity index (χ1) is 5.77. The van der Waals surface area contributed by atoms with Gasteiger partial charge in [-0.15, -0.1) is 12.6 Å². The van der Waals surface area contributed by atoms with Gasteiger partial charge in [0.05, 0.1) is 0 Å². The molecule has 1 aromatic carbocycles. The molecular formula is C9H9NOS. The van der Waals surface area contributed by atoms with Crippen molar-refractivity contribution in [3.8, 4) is 0 Å². The average Bonchev–Trinajstić information content (AvgIpc) is 2.04. The van der Waals surface area contributed by atoms with Crippen LogP contribution in [0.3, 0.4) is 0 Å². The van der Waals surface area contributed by atoms with E-state index in [9.17, 15) is 4.79 Å². The topological polar surface area (TPSA) is 29.1 Å². The summed E-state index contributed by atoms with van der Waals surface area (Å²) in [4.78, 5) is 12.2. The van der Waals surface area contributed by atoms with Gasteiger partial charge in [-0.1, -0.05) is 0 Å². The summed E-state index contributed by atoms with van der Waals surface area (Å²) in [5.41, 5.74) is 1.89. The minimum absolute atomic E-state index is 0.0320. The molecule has 3 heteroatoms. The number of benzene rings is 1. The van der Waals surface area contributed by atoms with Crippen molar-refractivity contribution in [3.63, 3.8) is 0 Å². The van der Waals surface area contributed by atoms with Gasteiger partial charge in [0, 0.05) is 17.0 Å². The highest BCUT2D eigenvalue weighted by Gasteiger charge is 2.15. The lowest BCUT2D eigenvalue weighted by Gasteiger charge is -2.15. The van der Waals surface area contributed by atoms with Crippen LogP contribution in [-0.4, -0.2) is 12.5 Å². The van der Waals surface area contributed by atoms with Gasteiger partial charge in [0.15, 0.2) is 0 Å². The fraction of sp³-hybridized carbons (Fsp3) is 0.222. The molecule has 0 aromatic heterocycles. The molecule has 0 aliphatic carbocycles. The molecule has 1 heterocycles. The van der Waals surface area contributed by atoms with Gasteiger partial charge in [-0.2, -0.15) is 0 Å². The normalized spacial score (nSPS) is 15.2. The van der Waals surface area contributed by atoms with Gasteiger partial charge < -0.3 is 5.32 Å². The fourth-order valence-electron chi connectivity index (χ4n) is 1.41. The number of rotatable bonds is 0. The highest BCUT2D eigenvalue weighted by Crippen LogP contribution is 2.17. The van der Waals surface area contributed by atoms with E-state index in [2.05, 4.69) is 17.9 Å². The van der Waals surface area contributed by atoms with Gasteiger partial charge in [-0.05, 0) is 30.2 Å². The number of carbonyl (C=O) groups is 1. The van der Waals surface area contributed by atoms with Crippen LogP contribution < -0.4 is 5.32 Å². The Bertz CT molecular complexity index is 335. The van der Waals surface area contributed by atoms with Crippen molar-refractivity contribution in [2.45, 2.75) is 11.3 Å². The Morgan fingerprint density at radius 2 is 2.25 bits per heavy atom. The van der Waals surface area contributed by atoms with Crippen LogP contribution in [0.5, 0.6) is 0 Å². The summed E-state index contributed by atoms with van der Waals surface area (Å²) >= 11 is 4.22. The van der Waals surface area contributed by atoms with Crippen molar-refractivity contribution in [1.82, 2.24) is 5.32 Å². The van der Waals surface area contributed by atoms with Crippen molar-refractivity contribution in [3.05, 3.63) is 29.3 Å². The Kier molecular flexibility index (Phi) is 1.81. The second-order valence-corrected chi connectivity index (χ2v) is 3.36. The molecule has 0 saturated heterocycles. The number of carbonyl (C=O) groups excluding carboxylic acids is 1. The standard InChI is InChI=1S/C9H9NOS/c11-9-8-2-1-7(12)5-6(8)3-4-10-9/h1-2,5,12H,3-4H2,(H,10,11). The zero-order valence-corrected chi connectivity index (χ0v) is 7.40. The fourth-order valence-corrected chi connectivity index (χ4v) is 1.64. The van der Waals surface area contributed by atoms with Crippen LogP contribution in [0.2, 0.25) is 0 Å². The molecule has 0 spiro atoms. The zero-order valence-electron chi connectivity index (χ0n) is 6.50. The highest BCUT2D eigenvalue weighted by molar-refractivity contribution is 7.80. The predicted octanol–water partition coefficient (Wildman–Crippen LogP) is 1.26. The van der Waals surface area contributed by atoms with E-state index in [1.165, 1.54) is 0 Å². The Morgan fingerprint density at radius 1 is 1.42 bits per heavy atom. The summed E-state index contributed by atoms with van der Waals surface area (Å²) in [6, 6.07) is 5.62. The molecule has 0 fully saturated rings. The molecule has 0 radical (unpaired) electrons. The van der Waals surface area contributed by atoms with E-state index in [0.717, 1.165) is 29.0 Å². The van der Waals surface area contributed by atoms with Crippen molar-refractivity contribution in [2.75, 3.05) is 6.54 Å². The quantitative estimate of drug-likeness (QED) is 0.577. The molecule has 1 aliphatic rings. The molecule has 0 unspecified atom stereocenters. The van der Waals surface area contributed by atoms with Crippen LogP contribution in [0, 0.1) is 0 Å². The Labute approximate surface area is 76.4 Å². The third-order valence-corrected chi connectivity index (χ3v) is 2.29. The number of thiol groups is 1. The Balaban J connectivity index is 2.53. The summed E-state index contributed by atoms with van der Waals surface area (Å²) in [6.45, 7) is 0.739. The van der Waals surface area contributed by atoms with Gasteiger partial charge in [-0.3, -0.25) is 4.79 Å². The number of hydrogen-bond donors (Lipinski definition) is 2. The highest BCUT2D eigenvalue weighted by atomic mass is 32.1. The van der Waals surface area contributed by atoms with Crippen LogP contribution in [0.15, 0.2) is 23.1 Å². The van der Waals surface area contributed by atoms with E-state index < -0.39 is 0 Å². The summed E-state index contributed by atoms with van der Waals surface area (Å²) in [6.07, 6.45) is 0.912. The number of nitrogens with one attached hydrogen (secondary N) is 1. The van der Waals surface area contributed by atoms with Crippen LogP contribution in [0.25, 0.3) is 0 Å². The Hall–Kier alpha value is -0.960. The molecule has 1 N–H and O–H groups in total. The second kappa shape index (κ2) is 2.83. The molecular weight excluding hydrogens is 170 g/mol. The second-order valence-electron chi connectivity index (χ2n) is 2.85. The molecule has 0 atom stereocenters. The maximum Gasteiger partial charge on any atom is 0.251 e. The van der Waals surface area contributed by atoms with Crippen molar-refractivity contribution >= 4 is 18.5 Å². The first kappa shape index (κ1) is 7.68. The van der Waals surface area contributed by atoms with E-state index in [-0.39, 0.29) is 5.91 Å². The monoisotopic (exact) mass is 179 g/mol. The SMILES string of the molecule is O=C1NCCc2cc(S)ccc21. The van der Waals surface area contributed by atoms with Gasteiger partial charge in [0.2, 0.25) is 0 Å². The van der Waals surface area contributed by atoms with Crippen LogP contribution >= 0.6 is 12.6 Å². The number of hydrogen-bond acceptors (Lipinski definition) is 2. The van der Waals surface area contributed by atoms with Crippen molar-refractivity contribution < 1.29 is 4.79 Å².